The fourth-order valence-corrected chi connectivity index (χ4v) is 3.17. The first-order valence-electron chi connectivity index (χ1n) is 8.33. The summed E-state index contributed by atoms with van der Waals surface area (Å²) in [6.07, 6.45) is 4.65. The lowest BCUT2D eigenvalue weighted by Crippen LogP contribution is -2.42. The second kappa shape index (κ2) is 7.30. The molecule has 1 aliphatic carbocycles. The minimum absolute atomic E-state index is 0.271. The number of rotatable bonds is 5. The fraction of sp³-hybridized carbons (Fsp3) is 0.300. The Morgan fingerprint density at radius 2 is 1.71 bits per heavy atom. The molecule has 4 nitrogen and oxygen atoms in total. The lowest BCUT2D eigenvalue weighted by molar-refractivity contribution is -0.139. The van der Waals surface area contributed by atoms with Gasteiger partial charge in [-0.05, 0) is 54.5 Å². The van der Waals surface area contributed by atoms with Gasteiger partial charge in [-0.2, -0.15) is 0 Å². The maximum atomic E-state index is 12.5. The Balaban J connectivity index is 1.72. The van der Waals surface area contributed by atoms with Crippen LogP contribution in [0.2, 0.25) is 0 Å². The molecule has 1 atom stereocenters. The van der Waals surface area contributed by atoms with Crippen LogP contribution < -0.4 is 5.32 Å². The second-order valence-corrected chi connectivity index (χ2v) is 6.24. The molecule has 0 heterocycles. The first-order valence-corrected chi connectivity index (χ1v) is 8.33. The van der Waals surface area contributed by atoms with E-state index in [1.807, 2.05) is 42.5 Å². The van der Waals surface area contributed by atoms with E-state index in [2.05, 4.69) is 5.32 Å². The molecule has 24 heavy (non-hydrogen) atoms. The summed E-state index contributed by atoms with van der Waals surface area (Å²) in [7, 11) is 0. The molecule has 2 N–H and O–H groups in total. The summed E-state index contributed by atoms with van der Waals surface area (Å²) in [5.41, 5.74) is 3.94. The summed E-state index contributed by atoms with van der Waals surface area (Å²) >= 11 is 0. The van der Waals surface area contributed by atoms with Gasteiger partial charge in [0, 0.05) is 12.0 Å². The van der Waals surface area contributed by atoms with Gasteiger partial charge in [-0.1, -0.05) is 36.4 Å². The number of fused-ring (bicyclic) bond motifs is 1. The van der Waals surface area contributed by atoms with Crippen molar-refractivity contribution in [3.05, 3.63) is 70.8 Å². The molecule has 124 valence electrons. The van der Waals surface area contributed by atoms with Gasteiger partial charge in [-0.3, -0.25) is 4.79 Å². The SMILES string of the molecule is O=C(N[C@@H](Cc1ccccc1)C(=O)O)c1ccc2c(c1)CCCC2. The van der Waals surface area contributed by atoms with Crippen molar-refractivity contribution in [2.75, 3.05) is 0 Å². The van der Waals surface area contributed by atoms with E-state index in [-0.39, 0.29) is 12.3 Å². The number of carboxylic acid groups (broad SMARTS) is 1. The molecule has 4 heteroatoms. The van der Waals surface area contributed by atoms with Crippen molar-refractivity contribution in [2.45, 2.75) is 38.1 Å². The van der Waals surface area contributed by atoms with Crippen LogP contribution in [0.4, 0.5) is 0 Å². The fourth-order valence-electron chi connectivity index (χ4n) is 3.17. The maximum absolute atomic E-state index is 12.5. The molecule has 3 rings (SSSR count). The highest BCUT2D eigenvalue weighted by Gasteiger charge is 2.22. The van der Waals surface area contributed by atoms with E-state index in [1.165, 1.54) is 17.5 Å². The largest absolute Gasteiger partial charge is 0.480 e. The van der Waals surface area contributed by atoms with Gasteiger partial charge in [0.1, 0.15) is 6.04 Å². The highest BCUT2D eigenvalue weighted by atomic mass is 16.4. The van der Waals surface area contributed by atoms with Crippen LogP contribution in [-0.4, -0.2) is 23.0 Å². The first kappa shape index (κ1) is 16.2. The van der Waals surface area contributed by atoms with Crippen LogP contribution >= 0.6 is 0 Å². The number of hydrogen-bond donors (Lipinski definition) is 2. The highest BCUT2D eigenvalue weighted by molar-refractivity contribution is 5.96. The number of nitrogens with one attached hydrogen (secondary N) is 1. The number of amides is 1. The monoisotopic (exact) mass is 323 g/mol. The Kier molecular flexibility index (Phi) is 4.94. The zero-order valence-corrected chi connectivity index (χ0v) is 13.5. The molecule has 0 fully saturated rings. The molecule has 1 aliphatic rings. The van der Waals surface area contributed by atoms with Gasteiger partial charge in [0.2, 0.25) is 0 Å². The minimum atomic E-state index is -1.02. The highest BCUT2D eigenvalue weighted by Crippen LogP contribution is 2.22. The number of aryl methyl sites for hydroxylation is 2. The van der Waals surface area contributed by atoms with Gasteiger partial charge in [0.15, 0.2) is 0 Å². The minimum Gasteiger partial charge on any atom is -0.480 e. The third kappa shape index (κ3) is 3.82. The van der Waals surface area contributed by atoms with Crippen molar-refractivity contribution in [1.29, 1.82) is 0 Å². The Bertz CT molecular complexity index is 740. The van der Waals surface area contributed by atoms with Gasteiger partial charge in [0.05, 0.1) is 0 Å². The van der Waals surface area contributed by atoms with Crippen LogP contribution in [0.1, 0.15) is 39.9 Å². The smallest absolute Gasteiger partial charge is 0.326 e. The molecule has 0 aromatic heterocycles. The van der Waals surface area contributed by atoms with Crippen molar-refractivity contribution in [3.63, 3.8) is 0 Å². The Labute approximate surface area is 141 Å². The van der Waals surface area contributed by atoms with Crippen LogP contribution in [0.5, 0.6) is 0 Å². The van der Waals surface area contributed by atoms with E-state index in [4.69, 9.17) is 0 Å². The first-order chi connectivity index (χ1) is 11.6. The summed E-state index contributed by atoms with van der Waals surface area (Å²) in [5.74, 6) is -1.35. The molecule has 1 amide bonds. The van der Waals surface area contributed by atoms with E-state index in [0.717, 1.165) is 24.8 Å². The Morgan fingerprint density at radius 3 is 2.42 bits per heavy atom. The van der Waals surface area contributed by atoms with Gasteiger partial charge in [-0.15, -0.1) is 0 Å². The van der Waals surface area contributed by atoms with E-state index in [9.17, 15) is 14.7 Å². The predicted octanol–water partition coefficient (Wildman–Crippen LogP) is 2.99. The molecule has 0 radical (unpaired) electrons. The van der Waals surface area contributed by atoms with Gasteiger partial charge < -0.3 is 10.4 Å². The number of benzene rings is 2. The van der Waals surface area contributed by atoms with Crippen LogP contribution in [0, 0.1) is 0 Å². The Hall–Kier alpha value is -2.62. The standard InChI is InChI=1S/C20H21NO3/c22-19(17-11-10-15-8-4-5-9-16(15)13-17)21-18(20(23)24)12-14-6-2-1-3-7-14/h1-3,6-7,10-11,13,18H,4-5,8-9,12H2,(H,21,22)(H,23,24)/t18-/m0/s1. The van der Waals surface area contributed by atoms with E-state index in [0.29, 0.717) is 5.56 Å². The van der Waals surface area contributed by atoms with Crippen molar-refractivity contribution in [1.82, 2.24) is 5.32 Å². The van der Waals surface area contributed by atoms with E-state index in [1.54, 1.807) is 6.07 Å². The number of hydrogen-bond acceptors (Lipinski definition) is 2. The average molecular weight is 323 g/mol. The summed E-state index contributed by atoms with van der Waals surface area (Å²) in [5, 5.41) is 12.1. The molecule has 0 saturated heterocycles. The van der Waals surface area contributed by atoms with Crippen LogP contribution in [0.15, 0.2) is 48.5 Å². The molecule has 0 spiro atoms. The number of carbonyl (C=O) groups is 2. The van der Waals surface area contributed by atoms with Crippen LogP contribution in [-0.2, 0) is 24.1 Å². The summed E-state index contributed by atoms with van der Waals surface area (Å²) < 4.78 is 0. The van der Waals surface area contributed by atoms with E-state index < -0.39 is 12.0 Å². The zero-order valence-electron chi connectivity index (χ0n) is 13.5. The molecule has 0 saturated carbocycles. The summed E-state index contributed by atoms with van der Waals surface area (Å²) in [4.78, 5) is 23.9. The molecular weight excluding hydrogens is 302 g/mol. The zero-order chi connectivity index (χ0) is 16.9. The average Bonchev–Trinajstić information content (AvgIpc) is 2.61. The molecular formula is C20H21NO3. The normalized spacial score (nSPS) is 14.5. The van der Waals surface area contributed by atoms with Gasteiger partial charge in [-0.25, -0.2) is 4.79 Å². The van der Waals surface area contributed by atoms with Gasteiger partial charge >= 0.3 is 5.97 Å². The summed E-state index contributed by atoms with van der Waals surface area (Å²) in [6, 6.07) is 14.1. The third-order valence-corrected chi connectivity index (χ3v) is 4.50. The summed E-state index contributed by atoms with van der Waals surface area (Å²) in [6.45, 7) is 0. The Morgan fingerprint density at radius 1 is 1.00 bits per heavy atom. The van der Waals surface area contributed by atoms with Crippen LogP contribution in [0.25, 0.3) is 0 Å². The lowest BCUT2D eigenvalue weighted by Gasteiger charge is -2.18. The lowest BCUT2D eigenvalue weighted by atomic mass is 9.90. The molecule has 0 aliphatic heterocycles. The molecule has 0 bridgehead atoms. The quantitative estimate of drug-likeness (QED) is 0.889. The molecule has 2 aromatic carbocycles. The number of carbonyl (C=O) groups excluding carboxylic acids is 1. The third-order valence-electron chi connectivity index (χ3n) is 4.50. The predicted molar refractivity (Wildman–Crippen MR) is 92.1 cm³/mol. The van der Waals surface area contributed by atoms with Crippen molar-refractivity contribution in [3.8, 4) is 0 Å². The van der Waals surface area contributed by atoms with Crippen molar-refractivity contribution < 1.29 is 14.7 Å². The second-order valence-electron chi connectivity index (χ2n) is 6.24. The van der Waals surface area contributed by atoms with Crippen LogP contribution in [0.3, 0.4) is 0 Å². The van der Waals surface area contributed by atoms with Crippen molar-refractivity contribution >= 4 is 11.9 Å². The van der Waals surface area contributed by atoms with Crippen molar-refractivity contribution in [2.24, 2.45) is 0 Å². The van der Waals surface area contributed by atoms with Gasteiger partial charge in [0.25, 0.3) is 5.91 Å². The maximum Gasteiger partial charge on any atom is 0.326 e. The molecule has 0 unspecified atom stereocenters. The topological polar surface area (TPSA) is 66.4 Å². The number of aliphatic carboxylic acids is 1. The number of carboxylic acids is 1. The van der Waals surface area contributed by atoms with E-state index >= 15 is 0 Å². The molecule has 2 aromatic rings.